The minimum absolute atomic E-state index is 0.145. The summed E-state index contributed by atoms with van der Waals surface area (Å²) >= 11 is 0. The Bertz CT molecular complexity index is 1070. The Morgan fingerprint density at radius 1 is 1.29 bits per heavy atom. The lowest BCUT2D eigenvalue weighted by atomic mass is 9.93. The standard InChI is InChI=1S/C18H16FN5/c1-20-16-7-12-6-11(4-5-24(12)23-16)17-13-9-21-22-15(13)8-14(19)18(17)10-2-3-10/h4-10H,2-3H2,1H3,(H,20,23)(H,21,22). The van der Waals surface area contributed by atoms with Crippen LogP contribution < -0.4 is 5.32 Å². The third kappa shape index (κ3) is 1.92. The summed E-state index contributed by atoms with van der Waals surface area (Å²) in [6.45, 7) is 0. The molecule has 4 aromatic rings. The van der Waals surface area contributed by atoms with Gasteiger partial charge in [0, 0.05) is 24.7 Å². The largest absolute Gasteiger partial charge is 0.372 e. The van der Waals surface area contributed by atoms with Crippen LogP contribution >= 0.6 is 0 Å². The van der Waals surface area contributed by atoms with Gasteiger partial charge in [-0.25, -0.2) is 8.91 Å². The van der Waals surface area contributed by atoms with E-state index >= 15 is 0 Å². The molecule has 0 saturated heterocycles. The van der Waals surface area contributed by atoms with Crippen LogP contribution in [0.5, 0.6) is 0 Å². The molecule has 5 rings (SSSR count). The quantitative estimate of drug-likeness (QED) is 0.601. The molecule has 1 saturated carbocycles. The first kappa shape index (κ1) is 13.5. The Kier molecular flexibility index (Phi) is 2.71. The Morgan fingerprint density at radius 3 is 2.96 bits per heavy atom. The van der Waals surface area contributed by atoms with E-state index < -0.39 is 0 Å². The van der Waals surface area contributed by atoms with Gasteiger partial charge in [0.05, 0.1) is 17.2 Å². The van der Waals surface area contributed by atoms with E-state index in [4.69, 9.17) is 0 Å². The molecule has 1 aromatic carbocycles. The van der Waals surface area contributed by atoms with Crippen molar-refractivity contribution in [2.45, 2.75) is 18.8 Å². The molecule has 0 aliphatic heterocycles. The van der Waals surface area contributed by atoms with Gasteiger partial charge in [-0.05, 0) is 53.6 Å². The summed E-state index contributed by atoms with van der Waals surface area (Å²) in [5.74, 6) is 0.976. The summed E-state index contributed by atoms with van der Waals surface area (Å²) in [5, 5.41) is 15.4. The number of benzene rings is 1. The molecular formula is C18H16FN5. The number of nitrogens with one attached hydrogen (secondary N) is 2. The number of H-pyrrole nitrogens is 1. The van der Waals surface area contributed by atoms with Gasteiger partial charge in [-0.2, -0.15) is 10.2 Å². The molecule has 5 nitrogen and oxygen atoms in total. The normalized spacial score (nSPS) is 14.6. The van der Waals surface area contributed by atoms with E-state index in [0.29, 0.717) is 5.92 Å². The fourth-order valence-corrected chi connectivity index (χ4v) is 3.43. The van der Waals surface area contributed by atoms with E-state index in [0.717, 1.165) is 51.8 Å². The smallest absolute Gasteiger partial charge is 0.148 e. The fourth-order valence-electron chi connectivity index (χ4n) is 3.43. The van der Waals surface area contributed by atoms with E-state index in [9.17, 15) is 4.39 Å². The van der Waals surface area contributed by atoms with E-state index in [-0.39, 0.29) is 5.82 Å². The van der Waals surface area contributed by atoms with Gasteiger partial charge in [-0.15, -0.1) is 0 Å². The lowest BCUT2D eigenvalue weighted by molar-refractivity contribution is 0.613. The van der Waals surface area contributed by atoms with Crippen molar-refractivity contribution < 1.29 is 4.39 Å². The monoisotopic (exact) mass is 321 g/mol. The van der Waals surface area contributed by atoms with Crippen molar-refractivity contribution in [1.82, 2.24) is 19.8 Å². The van der Waals surface area contributed by atoms with Crippen LogP contribution in [0.3, 0.4) is 0 Å². The first-order valence-electron chi connectivity index (χ1n) is 8.07. The predicted octanol–water partition coefficient (Wildman–Crippen LogP) is 3.94. The zero-order valence-corrected chi connectivity index (χ0v) is 13.2. The molecule has 1 fully saturated rings. The van der Waals surface area contributed by atoms with Crippen molar-refractivity contribution in [2.75, 3.05) is 12.4 Å². The third-order valence-electron chi connectivity index (χ3n) is 4.73. The number of hydrogen-bond donors (Lipinski definition) is 2. The van der Waals surface area contributed by atoms with Gasteiger partial charge in [-0.3, -0.25) is 5.10 Å². The average Bonchev–Trinajstić information content (AvgIpc) is 3.16. The predicted molar refractivity (Wildman–Crippen MR) is 91.8 cm³/mol. The summed E-state index contributed by atoms with van der Waals surface area (Å²) in [7, 11) is 1.84. The van der Waals surface area contributed by atoms with Gasteiger partial charge in [0.15, 0.2) is 0 Å². The lowest BCUT2D eigenvalue weighted by Gasteiger charge is -2.12. The second-order valence-electron chi connectivity index (χ2n) is 6.32. The molecule has 24 heavy (non-hydrogen) atoms. The Hall–Kier alpha value is -2.89. The van der Waals surface area contributed by atoms with Crippen LogP contribution in [0.25, 0.3) is 27.5 Å². The molecular weight excluding hydrogens is 305 g/mol. The molecule has 1 aliphatic rings. The Morgan fingerprint density at radius 2 is 2.17 bits per heavy atom. The van der Waals surface area contributed by atoms with Crippen molar-refractivity contribution in [3.63, 3.8) is 0 Å². The van der Waals surface area contributed by atoms with Crippen LogP contribution in [0.2, 0.25) is 0 Å². The molecule has 0 spiro atoms. The van der Waals surface area contributed by atoms with Gasteiger partial charge in [0.25, 0.3) is 0 Å². The maximum absolute atomic E-state index is 14.7. The second kappa shape index (κ2) is 4.80. The highest BCUT2D eigenvalue weighted by atomic mass is 19.1. The van der Waals surface area contributed by atoms with Crippen LogP contribution in [0, 0.1) is 5.82 Å². The molecule has 0 bridgehead atoms. The molecule has 1 aliphatic carbocycles. The minimum Gasteiger partial charge on any atom is -0.372 e. The minimum atomic E-state index is -0.145. The number of rotatable bonds is 3. The number of pyridine rings is 1. The molecule has 0 radical (unpaired) electrons. The SMILES string of the molecule is CNc1cc2cc(-c3c(C4CC4)c(F)cc4[nH]ncc34)ccn2n1. The van der Waals surface area contributed by atoms with Crippen molar-refractivity contribution in [3.05, 3.63) is 48.0 Å². The third-order valence-corrected chi connectivity index (χ3v) is 4.73. The first-order chi connectivity index (χ1) is 11.7. The van der Waals surface area contributed by atoms with Crippen LogP contribution in [-0.4, -0.2) is 26.9 Å². The Balaban J connectivity index is 1.81. The van der Waals surface area contributed by atoms with Gasteiger partial charge in [0.1, 0.15) is 11.6 Å². The molecule has 0 atom stereocenters. The van der Waals surface area contributed by atoms with E-state index in [1.54, 1.807) is 12.3 Å². The number of fused-ring (bicyclic) bond motifs is 2. The first-order valence-corrected chi connectivity index (χ1v) is 8.07. The molecule has 120 valence electrons. The molecule has 0 unspecified atom stereocenters. The molecule has 3 aromatic heterocycles. The van der Waals surface area contributed by atoms with Crippen molar-refractivity contribution in [1.29, 1.82) is 0 Å². The summed E-state index contributed by atoms with van der Waals surface area (Å²) in [6, 6.07) is 7.59. The number of hydrogen-bond acceptors (Lipinski definition) is 3. The zero-order chi connectivity index (χ0) is 16.3. The number of aromatic nitrogens is 4. The molecule has 0 amide bonds. The van der Waals surface area contributed by atoms with Crippen molar-refractivity contribution in [3.8, 4) is 11.1 Å². The van der Waals surface area contributed by atoms with Crippen molar-refractivity contribution in [2.24, 2.45) is 0 Å². The van der Waals surface area contributed by atoms with Crippen molar-refractivity contribution >= 4 is 22.2 Å². The van der Waals surface area contributed by atoms with Gasteiger partial charge in [-0.1, -0.05) is 0 Å². The van der Waals surface area contributed by atoms with Crippen LogP contribution in [-0.2, 0) is 0 Å². The number of aromatic amines is 1. The highest BCUT2D eigenvalue weighted by Gasteiger charge is 2.31. The lowest BCUT2D eigenvalue weighted by Crippen LogP contribution is -1.95. The summed E-state index contributed by atoms with van der Waals surface area (Å²) in [5.41, 5.74) is 4.48. The topological polar surface area (TPSA) is 58.0 Å². The molecule has 3 heterocycles. The van der Waals surface area contributed by atoms with Crippen LogP contribution in [0.4, 0.5) is 10.2 Å². The molecule has 6 heteroatoms. The summed E-state index contributed by atoms with van der Waals surface area (Å²) in [4.78, 5) is 0. The van der Waals surface area contributed by atoms with Gasteiger partial charge < -0.3 is 5.32 Å². The van der Waals surface area contributed by atoms with E-state index in [2.05, 4.69) is 26.7 Å². The van der Waals surface area contributed by atoms with E-state index in [1.165, 1.54) is 0 Å². The number of nitrogens with zero attached hydrogens (tertiary/aromatic N) is 3. The average molecular weight is 321 g/mol. The van der Waals surface area contributed by atoms with Gasteiger partial charge in [0.2, 0.25) is 0 Å². The fraction of sp³-hybridized carbons (Fsp3) is 0.222. The molecule has 2 N–H and O–H groups in total. The maximum Gasteiger partial charge on any atom is 0.148 e. The van der Waals surface area contributed by atoms with Gasteiger partial charge >= 0.3 is 0 Å². The van der Waals surface area contributed by atoms with E-state index in [1.807, 2.05) is 29.9 Å². The maximum atomic E-state index is 14.7. The van der Waals surface area contributed by atoms with Crippen LogP contribution in [0.15, 0.2) is 36.7 Å². The zero-order valence-electron chi connectivity index (χ0n) is 13.2. The Labute approximate surface area is 137 Å². The number of halogens is 1. The van der Waals surface area contributed by atoms with Crippen LogP contribution in [0.1, 0.15) is 24.3 Å². The highest BCUT2D eigenvalue weighted by molar-refractivity contribution is 5.97. The summed E-state index contributed by atoms with van der Waals surface area (Å²) in [6.07, 6.45) is 5.80. The second-order valence-corrected chi connectivity index (χ2v) is 6.32. The summed E-state index contributed by atoms with van der Waals surface area (Å²) < 4.78 is 16.5. The number of anilines is 1. The highest BCUT2D eigenvalue weighted by Crippen LogP contribution is 2.48.